The quantitative estimate of drug-likeness (QED) is 0.731. The molecule has 0 fully saturated rings. The highest BCUT2D eigenvalue weighted by Gasteiger charge is 2.06. The Balaban J connectivity index is 2.02. The fourth-order valence-electron chi connectivity index (χ4n) is 1.30. The van der Waals surface area contributed by atoms with Crippen LogP contribution in [0.15, 0.2) is 17.4 Å². The Morgan fingerprint density at radius 2 is 2.43 bits per heavy atom. The molecular weight excluding hydrogens is 178 g/mol. The first-order chi connectivity index (χ1) is 6.75. The normalized spacial score (nSPS) is 15.5. The molecule has 0 unspecified atom stereocenters. The molecular formula is C9H15N5. The van der Waals surface area contributed by atoms with Crippen LogP contribution in [0.5, 0.6) is 0 Å². The lowest BCUT2D eigenvalue weighted by atomic mass is 10.4. The van der Waals surface area contributed by atoms with Crippen LogP contribution < -0.4 is 10.6 Å². The van der Waals surface area contributed by atoms with Crippen LogP contribution in [0, 0.1) is 0 Å². The van der Waals surface area contributed by atoms with Crippen LogP contribution in [0.2, 0.25) is 0 Å². The van der Waals surface area contributed by atoms with Gasteiger partial charge in [0.05, 0.1) is 18.4 Å². The van der Waals surface area contributed by atoms with E-state index in [4.69, 9.17) is 0 Å². The van der Waals surface area contributed by atoms with E-state index in [2.05, 4.69) is 34.6 Å². The molecule has 0 saturated carbocycles. The minimum absolute atomic E-state index is 0.393. The predicted molar refractivity (Wildman–Crippen MR) is 56.5 cm³/mol. The van der Waals surface area contributed by atoms with Crippen molar-refractivity contribution in [3.8, 4) is 0 Å². The fourth-order valence-corrected chi connectivity index (χ4v) is 1.30. The molecule has 0 radical (unpaired) electrons. The molecule has 2 N–H and O–H groups in total. The lowest BCUT2D eigenvalue weighted by molar-refractivity contribution is 0.532. The van der Waals surface area contributed by atoms with Gasteiger partial charge in [-0.15, -0.1) is 0 Å². The second-order valence-corrected chi connectivity index (χ2v) is 3.58. The van der Waals surface area contributed by atoms with E-state index in [1.165, 1.54) is 0 Å². The van der Waals surface area contributed by atoms with Crippen molar-refractivity contribution < 1.29 is 0 Å². The van der Waals surface area contributed by atoms with E-state index in [1.807, 2.05) is 17.1 Å². The number of rotatable bonds is 2. The number of hydrogen-bond donors (Lipinski definition) is 2. The van der Waals surface area contributed by atoms with Crippen molar-refractivity contribution in [2.45, 2.75) is 19.9 Å². The number of guanidine groups is 1. The summed E-state index contributed by atoms with van der Waals surface area (Å²) in [6.07, 6.45) is 3.79. The zero-order chi connectivity index (χ0) is 9.97. The molecule has 5 nitrogen and oxygen atoms in total. The molecule has 1 aliphatic heterocycles. The first-order valence-corrected chi connectivity index (χ1v) is 4.85. The van der Waals surface area contributed by atoms with Crippen LogP contribution in [0.4, 0.5) is 5.69 Å². The third-order valence-corrected chi connectivity index (χ3v) is 2.07. The Labute approximate surface area is 83.2 Å². The maximum Gasteiger partial charge on any atom is 0.196 e. The van der Waals surface area contributed by atoms with Gasteiger partial charge in [0, 0.05) is 18.8 Å². The average Bonchev–Trinajstić information content (AvgIpc) is 2.75. The molecule has 0 spiro atoms. The van der Waals surface area contributed by atoms with E-state index in [-0.39, 0.29) is 0 Å². The summed E-state index contributed by atoms with van der Waals surface area (Å²) in [6, 6.07) is 0.393. The van der Waals surface area contributed by atoms with Crippen molar-refractivity contribution in [2.24, 2.45) is 4.99 Å². The third-order valence-electron chi connectivity index (χ3n) is 2.07. The Bertz CT molecular complexity index is 339. The van der Waals surface area contributed by atoms with Gasteiger partial charge >= 0.3 is 0 Å². The van der Waals surface area contributed by atoms with Gasteiger partial charge in [0.1, 0.15) is 0 Å². The Hall–Kier alpha value is -1.52. The highest BCUT2D eigenvalue weighted by Crippen LogP contribution is 2.09. The van der Waals surface area contributed by atoms with Crippen molar-refractivity contribution in [2.75, 3.05) is 18.4 Å². The summed E-state index contributed by atoms with van der Waals surface area (Å²) in [4.78, 5) is 4.24. The summed E-state index contributed by atoms with van der Waals surface area (Å²) in [6.45, 7) is 5.96. The van der Waals surface area contributed by atoms with Crippen molar-refractivity contribution in [3.63, 3.8) is 0 Å². The lowest BCUT2D eigenvalue weighted by Gasteiger charge is -2.04. The van der Waals surface area contributed by atoms with Crippen molar-refractivity contribution in [1.82, 2.24) is 15.1 Å². The molecule has 0 bridgehead atoms. The fraction of sp³-hybridized carbons (Fsp3) is 0.556. The van der Waals surface area contributed by atoms with Crippen molar-refractivity contribution in [3.05, 3.63) is 12.4 Å². The minimum Gasteiger partial charge on any atom is -0.354 e. The topological polar surface area (TPSA) is 54.2 Å². The van der Waals surface area contributed by atoms with E-state index in [1.54, 1.807) is 0 Å². The van der Waals surface area contributed by atoms with Gasteiger partial charge in [0.15, 0.2) is 5.96 Å². The molecule has 0 aliphatic carbocycles. The highest BCUT2D eigenvalue weighted by atomic mass is 15.3. The van der Waals surface area contributed by atoms with Crippen molar-refractivity contribution >= 4 is 11.6 Å². The molecule has 0 saturated heterocycles. The molecule has 0 aromatic carbocycles. The lowest BCUT2D eigenvalue weighted by Crippen LogP contribution is -2.25. The van der Waals surface area contributed by atoms with E-state index in [9.17, 15) is 0 Å². The van der Waals surface area contributed by atoms with Crippen LogP contribution in [0.25, 0.3) is 0 Å². The monoisotopic (exact) mass is 193 g/mol. The first kappa shape index (κ1) is 9.05. The first-order valence-electron chi connectivity index (χ1n) is 4.85. The molecule has 1 aliphatic rings. The number of nitrogens with one attached hydrogen (secondary N) is 2. The third kappa shape index (κ3) is 1.86. The molecule has 2 rings (SSSR count). The summed E-state index contributed by atoms with van der Waals surface area (Å²) in [5.41, 5.74) is 0.979. The zero-order valence-corrected chi connectivity index (χ0v) is 8.49. The van der Waals surface area contributed by atoms with Gasteiger partial charge in [-0.3, -0.25) is 9.67 Å². The summed E-state index contributed by atoms with van der Waals surface area (Å²) < 4.78 is 1.91. The summed E-state index contributed by atoms with van der Waals surface area (Å²) in [5.74, 6) is 0.841. The van der Waals surface area contributed by atoms with E-state index < -0.39 is 0 Å². The smallest absolute Gasteiger partial charge is 0.196 e. The van der Waals surface area contributed by atoms with Crippen LogP contribution >= 0.6 is 0 Å². The molecule has 2 heterocycles. The van der Waals surface area contributed by atoms with Gasteiger partial charge in [-0.2, -0.15) is 5.10 Å². The molecule has 5 heteroatoms. The summed E-state index contributed by atoms with van der Waals surface area (Å²) >= 11 is 0. The standard InChI is InChI=1S/C9H15N5/c1-7(2)14-6-8(5-12-14)13-9-10-3-4-11-9/h5-7H,3-4H2,1-2H3,(H2,10,11,13). The maximum atomic E-state index is 4.24. The molecule has 1 aromatic rings. The zero-order valence-electron chi connectivity index (χ0n) is 8.49. The minimum atomic E-state index is 0.393. The Morgan fingerprint density at radius 1 is 1.57 bits per heavy atom. The molecule has 0 amide bonds. The van der Waals surface area contributed by atoms with Gasteiger partial charge in [-0.05, 0) is 13.8 Å². The summed E-state index contributed by atoms with van der Waals surface area (Å²) in [5, 5.41) is 10.5. The van der Waals surface area contributed by atoms with E-state index in [0.29, 0.717) is 6.04 Å². The molecule has 1 aromatic heterocycles. The SMILES string of the molecule is CC(C)n1cc(NC2=NCCN2)cn1. The Morgan fingerprint density at radius 3 is 3.00 bits per heavy atom. The van der Waals surface area contributed by atoms with Crippen LogP contribution in [-0.2, 0) is 0 Å². The Kier molecular flexibility index (Phi) is 2.39. The van der Waals surface area contributed by atoms with Gasteiger partial charge in [0.2, 0.25) is 0 Å². The van der Waals surface area contributed by atoms with Gasteiger partial charge < -0.3 is 10.6 Å². The predicted octanol–water partition coefficient (Wildman–Crippen LogP) is 0.835. The molecule has 76 valence electrons. The number of nitrogens with zero attached hydrogens (tertiary/aromatic N) is 3. The van der Waals surface area contributed by atoms with Crippen LogP contribution in [0.1, 0.15) is 19.9 Å². The number of aromatic nitrogens is 2. The van der Waals surface area contributed by atoms with Crippen LogP contribution in [0.3, 0.4) is 0 Å². The van der Waals surface area contributed by atoms with Gasteiger partial charge in [0.25, 0.3) is 0 Å². The number of hydrogen-bond acceptors (Lipinski definition) is 4. The second-order valence-electron chi connectivity index (χ2n) is 3.58. The van der Waals surface area contributed by atoms with Crippen molar-refractivity contribution in [1.29, 1.82) is 0 Å². The maximum absolute atomic E-state index is 4.24. The van der Waals surface area contributed by atoms with Gasteiger partial charge in [-0.1, -0.05) is 0 Å². The van der Waals surface area contributed by atoms with Gasteiger partial charge in [-0.25, -0.2) is 0 Å². The highest BCUT2D eigenvalue weighted by molar-refractivity contribution is 5.94. The largest absolute Gasteiger partial charge is 0.354 e. The molecule has 14 heavy (non-hydrogen) atoms. The molecule has 0 atom stereocenters. The van der Waals surface area contributed by atoms with E-state index in [0.717, 1.165) is 24.7 Å². The number of aliphatic imine (C=N–C) groups is 1. The van der Waals surface area contributed by atoms with Crippen LogP contribution in [-0.4, -0.2) is 28.8 Å². The second kappa shape index (κ2) is 3.69. The number of anilines is 1. The summed E-state index contributed by atoms with van der Waals surface area (Å²) in [7, 11) is 0. The van der Waals surface area contributed by atoms with E-state index >= 15 is 0 Å². The average molecular weight is 193 g/mol.